The Bertz CT molecular complexity index is 532. The van der Waals surface area contributed by atoms with Crippen LogP contribution in [0.2, 0.25) is 0 Å². The Labute approximate surface area is 118 Å². The van der Waals surface area contributed by atoms with Gasteiger partial charge in [0, 0.05) is 6.54 Å². The van der Waals surface area contributed by atoms with Crippen LogP contribution in [-0.2, 0) is 13.1 Å². The molecule has 0 aliphatic heterocycles. The van der Waals surface area contributed by atoms with Gasteiger partial charge in [0.15, 0.2) is 17.3 Å². The molecule has 0 radical (unpaired) electrons. The third kappa shape index (κ3) is 3.42. The second-order valence-corrected chi connectivity index (χ2v) is 4.60. The number of halogens is 1. The van der Waals surface area contributed by atoms with E-state index in [0.717, 1.165) is 10.0 Å². The summed E-state index contributed by atoms with van der Waals surface area (Å²) in [5.41, 5.74) is 1.06. The summed E-state index contributed by atoms with van der Waals surface area (Å²) in [7, 11) is 3.22. The average molecular weight is 328 g/mol. The van der Waals surface area contributed by atoms with E-state index in [-0.39, 0.29) is 0 Å². The van der Waals surface area contributed by atoms with Gasteiger partial charge in [0.25, 0.3) is 0 Å². The summed E-state index contributed by atoms with van der Waals surface area (Å²) in [6.45, 7) is 1.20. The van der Waals surface area contributed by atoms with Gasteiger partial charge in [-0.1, -0.05) is 5.21 Å². The molecule has 0 aliphatic carbocycles. The number of aromatic nitrogens is 4. The SMILES string of the molecule is COc1cc(CNCc2nn[nH]n2)cc(Br)c1OC. The van der Waals surface area contributed by atoms with Gasteiger partial charge in [0.05, 0.1) is 25.2 Å². The van der Waals surface area contributed by atoms with Crippen molar-refractivity contribution in [1.29, 1.82) is 0 Å². The lowest BCUT2D eigenvalue weighted by molar-refractivity contribution is 0.352. The highest BCUT2D eigenvalue weighted by atomic mass is 79.9. The Morgan fingerprint density at radius 1 is 1.26 bits per heavy atom. The van der Waals surface area contributed by atoms with Crippen LogP contribution in [0.3, 0.4) is 0 Å². The first-order valence-corrected chi connectivity index (χ1v) is 6.37. The first kappa shape index (κ1) is 13.8. The van der Waals surface area contributed by atoms with Crippen LogP contribution in [0.25, 0.3) is 0 Å². The van der Waals surface area contributed by atoms with E-state index in [4.69, 9.17) is 9.47 Å². The standard InChI is InChI=1S/C11H14BrN5O2/c1-18-9-4-7(3-8(12)11(9)19-2)5-13-6-10-14-16-17-15-10/h3-4,13H,5-6H2,1-2H3,(H,14,15,16,17). The number of rotatable bonds is 6. The summed E-state index contributed by atoms with van der Waals surface area (Å²) in [5, 5.41) is 16.8. The van der Waals surface area contributed by atoms with Crippen LogP contribution in [0.15, 0.2) is 16.6 Å². The quantitative estimate of drug-likeness (QED) is 0.831. The molecule has 7 nitrogen and oxygen atoms in total. The minimum absolute atomic E-state index is 0.544. The maximum absolute atomic E-state index is 5.29. The number of hydrogen-bond acceptors (Lipinski definition) is 6. The molecule has 0 aliphatic rings. The van der Waals surface area contributed by atoms with Crippen LogP contribution >= 0.6 is 15.9 Å². The van der Waals surface area contributed by atoms with E-state index < -0.39 is 0 Å². The lowest BCUT2D eigenvalue weighted by atomic mass is 10.2. The van der Waals surface area contributed by atoms with Crippen LogP contribution in [0, 0.1) is 0 Å². The van der Waals surface area contributed by atoms with Crippen molar-refractivity contribution in [2.75, 3.05) is 14.2 Å². The van der Waals surface area contributed by atoms with Crippen LogP contribution < -0.4 is 14.8 Å². The normalized spacial score (nSPS) is 10.5. The minimum Gasteiger partial charge on any atom is -0.493 e. The molecule has 2 N–H and O–H groups in total. The van der Waals surface area contributed by atoms with Crippen molar-refractivity contribution in [3.05, 3.63) is 28.0 Å². The van der Waals surface area contributed by atoms with E-state index in [0.29, 0.717) is 30.4 Å². The van der Waals surface area contributed by atoms with E-state index in [2.05, 4.69) is 41.9 Å². The van der Waals surface area contributed by atoms with Crippen molar-refractivity contribution in [2.45, 2.75) is 13.1 Å². The van der Waals surface area contributed by atoms with E-state index in [1.807, 2.05) is 12.1 Å². The van der Waals surface area contributed by atoms with Gasteiger partial charge in [-0.3, -0.25) is 0 Å². The maximum Gasteiger partial charge on any atom is 0.188 e. The highest BCUT2D eigenvalue weighted by Gasteiger charge is 2.10. The summed E-state index contributed by atoms with van der Waals surface area (Å²) >= 11 is 3.46. The second-order valence-electron chi connectivity index (χ2n) is 3.74. The average Bonchev–Trinajstić information content (AvgIpc) is 2.91. The molecule has 8 heteroatoms. The lowest BCUT2D eigenvalue weighted by Crippen LogP contribution is -2.14. The maximum atomic E-state index is 5.29. The fourth-order valence-electron chi connectivity index (χ4n) is 1.65. The van der Waals surface area contributed by atoms with Crippen LogP contribution in [-0.4, -0.2) is 34.8 Å². The summed E-state index contributed by atoms with van der Waals surface area (Å²) in [6, 6.07) is 3.90. The summed E-state index contributed by atoms with van der Waals surface area (Å²) in [5.74, 6) is 2.00. The monoisotopic (exact) mass is 327 g/mol. The van der Waals surface area contributed by atoms with Gasteiger partial charge < -0.3 is 14.8 Å². The fraction of sp³-hybridized carbons (Fsp3) is 0.364. The molecule has 0 spiro atoms. The molecule has 2 rings (SSSR count). The molecule has 1 heterocycles. The Morgan fingerprint density at radius 2 is 2.11 bits per heavy atom. The van der Waals surface area contributed by atoms with Gasteiger partial charge in [-0.15, -0.1) is 10.2 Å². The second kappa shape index (κ2) is 6.48. The number of aromatic amines is 1. The first-order chi connectivity index (χ1) is 9.24. The molecule has 0 atom stereocenters. The van der Waals surface area contributed by atoms with E-state index in [9.17, 15) is 0 Å². The Morgan fingerprint density at radius 3 is 2.74 bits per heavy atom. The minimum atomic E-state index is 0.544. The number of tetrazole rings is 1. The Kier molecular flexibility index (Phi) is 4.69. The molecule has 0 fully saturated rings. The number of hydrogen-bond donors (Lipinski definition) is 2. The van der Waals surface area contributed by atoms with Gasteiger partial charge in [-0.25, -0.2) is 0 Å². The number of benzene rings is 1. The number of nitrogens with zero attached hydrogens (tertiary/aromatic N) is 3. The van der Waals surface area contributed by atoms with Crippen molar-refractivity contribution in [3.63, 3.8) is 0 Å². The van der Waals surface area contributed by atoms with Crippen molar-refractivity contribution in [2.24, 2.45) is 0 Å². The molecular weight excluding hydrogens is 314 g/mol. The van der Waals surface area contributed by atoms with E-state index in [1.165, 1.54) is 0 Å². The first-order valence-electron chi connectivity index (χ1n) is 5.58. The zero-order valence-corrected chi connectivity index (χ0v) is 12.2. The highest BCUT2D eigenvalue weighted by Crippen LogP contribution is 2.36. The van der Waals surface area contributed by atoms with Crippen LogP contribution in [0.5, 0.6) is 11.5 Å². The number of nitrogens with one attached hydrogen (secondary N) is 2. The van der Waals surface area contributed by atoms with Gasteiger partial charge >= 0.3 is 0 Å². The summed E-state index contributed by atoms with van der Waals surface area (Å²) in [4.78, 5) is 0. The Balaban J connectivity index is 2.02. The molecule has 2 aromatic rings. The molecule has 0 saturated heterocycles. The van der Waals surface area contributed by atoms with E-state index >= 15 is 0 Å². The molecule has 102 valence electrons. The molecule has 0 bridgehead atoms. The third-order valence-electron chi connectivity index (χ3n) is 2.49. The molecule has 0 unspecified atom stereocenters. The molecule has 19 heavy (non-hydrogen) atoms. The van der Waals surface area contributed by atoms with Crippen LogP contribution in [0.1, 0.15) is 11.4 Å². The van der Waals surface area contributed by atoms with E-state index in [1.54, 1.807) is 14.2 Å². The van der Waals surface area contributed by atoms with Crippen LogP contribution in [0.4, 0.5) is 0 Å². The molecule has 1 aromatic carbocycles. The predicted molar refractivity (Wildman–Crippen MR) is 72.0 cm³/mol. The van der Waals surface area contributed by atoms with Gasteiger partial charge in [-0.05, 0) is 33.6 Å². The smallest absolute Gasteiger partial charge is 0.188 e. The topological polar surface area (TPSA) is 85.0 Å². The van der Waals surface area contributed by atoms with Crippen molar-refractivity contribution < 1.29 is 9.47 Å². The van der Waals surface area contributed by atoms with Gasteiger partial charge in [0.1, 0.15) is 0 Å². The summed E-state index contributed by atoms with van der Waals surface area (Å²) in [6.07, 6.45) is 0. The molecular formula is C11H14BrN5O2. The fourth-order valence-corrected chi connectivity index (χ4v) is 2.30. The lowest BCUT2D eigenvalue weighted by Gasteiger charge is -2.12. The Hall–Kier alpha value is -1.67. The molecule has 0 amide bonds. The zero-order valence-electron chi connectivity index (χ0n) is 10.6. The third-order valence-corrected chi connectivity index (χ3v) is 3.08. The molecule has 1 aromatic heterocycles. The zero-order chi connectivity index (χ0) is 13.7. The van der Waals surface area contributed by atoms with Gasteiger partial charge in [0.2, 0.25) is 0 Å². The van der Waals surface area contributed by atoms with Crippen molar-refractivity contribution in [1.82, 2.24) is 25.9 Å². The highest BCUT2D eigenvalue weighted by molar-refractivity contribution is 9.10. The predicted octanol–water partition coefficient (Wildman–Crippen LogP) is 1.27. The molecule has 0 saturated carbocycles. The summed E-state index contributed by atoms with van der Waals surface area (Å²) < 4.78 is 11.4. The van der Waals surface area contributed by atoms with Crippen molar-refractivity contribution >= 4 is 15.9 Å². The largest absolute Gasteiger partial charge is 0.493 e. The number of ether oxygens (including phenoxy) is 2. The number of H-pyrrole nitrogens is 1. The van der Waals surface area contributed by atoms with Crippen molar-refractivity contribution in [3.8, 4) is 11.5 Å². The van der Waals surface area contributed by atoms with Gasteiger partial charge in [-0.2, -0.15) is 5.21 Å². The number of methoxy groups -OCH3 is 2.